The molecule has 1 radical (unpaired) electrons. The summed E-state index contributed by atoms with van der Waals surface area (Å²) >= 11 is 0. The number of hydrogen-bond donors (Lipinski definition) is 0. The third-order valence-corrected chi connectivity index (χ3v) is 1.43. The van der Waals surface area contributed by atoms with Gasteiger partial charge in [0.05, 0.1) is 0 Å². The molecule has 0 spiro atoms. The van der Waals surface area contributed by atoms with Crippen molar-refractivity contribution >= 4 is 0 Å². The topological polar surface area (TPSA) is 0 Å². The molecule has 0 saturated carbocycles. The summed E-state index contributed by atoms with van der Waals surface area (Å²) in [5.41, 5.74) is 2.47. The van der Waals surface area contributed by atoms with Crippen LogP contribution in [0, 0.1) is 6.92 Å². The highest BCUT2D eigenvalue weighted by Crippen LogP contribution is 2.02. The zero-order valence-electron chi connectivity index (χ0n) is 5.72. The Bertz CT molecular complexity index is 172. The van der Waals surface area contributed by atoms with Crippen LogP contribution in [0.25, 0.3) is 0 Å². The van der Waals surface area contributed by atoms with Crippen LogP contribution in [0.15, 0.2) is 24.3 Å². The molecular formula is C9H11. The Morgan fingerprint density at radius 1 is 1.22 bits per heavy atom. The summed E-state index contributed by atoms with van der Waals surface area (Å²) in [4.78, 5) is 0. The average molecular weight is 119 g/mol. The maximum absolute atomic E-state index is 3.80. The third kappa shape index (κ3) is 1.56. The van der Waals surface area contributed by atoms with E-state index >= 15 is 0 Å². The van der Waals surface area contributed by atoms with Gasteiger partial charge in [0.1, 0.15) is 0 Å². The molecule has 1 rings (SSSR count). The largest absolute Gasteiger partial charge is 0.0613 e. The zero-order chi connectivity index (χ0) is 6.69. The Labute approximate surface area is 56.5 Å². The Morgan fingerprint density at radius 3 is 2.22 bits per heavy atom. The molecule has 0 aliphatic carbocycles. The lowest BCUT2D eigenvalue weighted by Gasteiger charge is -1.94. The van der Waals surface area contributed by atoms with Crippen molar-refractivity contribution < 1.29 is 0 Å². The van der Waals surface area contributed by atoms with Gasteiger partial charge in [0.15, 0.2) is 0 Å². The first-order valence-electron chi connectivity index (χ1n) is 3.24. The van der Waals surface area contributed by atoms with E-state index in [9.17, 15) is 0 Å². The highest BCUT2D eigenvalue weighted by atomic mass is 13.9. The van der Waals surface area contributed by atoms with Crippen LogP contribution < -0.4 is 0 Å². The van der Waals surface area contributed by atoms with Crippen LogP contribution in [-0.4, -0.2) is 0 Å². The highest BCUT2D eigenvalue weighted by molar-refractivity contribution is 5.23. The molecule has 1 aromatic carbocycles. The van der Waals surface area contributed by atoms with Gasteiger partial charge in [0.2, 0.25) is 0 Å². The molecule has 0 amide bonds. The van der Waals surface area contributed by atoms with Gasteiger partial charge < -0.3 is 0 Å². The fourth-order valence-corrected chi connectivity index (χ4v) is 0.775. The predicted octanol–water partition coefficient (Wildman–Crippen LogP) is 2.43. The van der Waals surface area contributed by atoms with Crippen LogP contribution >= 0.6 is 0 Å². The van der Waals surface area contributed by atoms with Crippen LogP contribution in [0.2, 0.25) is 0 Å². The second-order valence-corrected chi connectivity index (χ2v) is 2.17. The predicted molar refractivity (Wildman–Crippen MR) is 40.3 cm³/mol. The monoisotopic (exact) mass is 119 g/mol. The lowest BCUT2D eigenvalue weighted by molar-refractivity contribution is 1.14. The fourth-order valence-electron chi connectivity index (χ4n) is 0.775. The fraction of sp³-hybridized carbons (Fsp3) is 0.222. The van der Waals surface area contributed by atoms with Gasteiger partial charge in [-0.15, -0.1) is 0 Å². The summed E-state index contributed by atoms with van der Waals surface area (Å²) in [5, 5.41) is 0. The molecule has 1 aromatic rings. The van der Waals surface area contributed by atoms with Crippen molar-refractivity contribution in [3.63, 3.8) is 0 Å². The Hall–Kier alpha value is -0.780. The molecule has 0 aliphatic rings. The van der Waals surface area contributed by atoms with Crippen molar-refractivity contribution in [2.75, 3.05) is 0 Å². The van der Waals surface area contributed by atoms with Gasteiger partial charge >= 0.3 is 0 Å². The van der Waals surface area contributed by atoms with E-state index in [-0.39, 0.29) is 0 Å². The normalized spacial score (nSPS) is 9.56. The van der Waals surface area contributed by atoms with Gasteiger partial charge in [0.25, 0.3) is 0 Å². The first kappa shape index (κ1) is 6.34. The van der Waals surface area contributed by atoms with E-state index in [0.717, 1.165) is 12.0 Å². The van der Waals surface area contributed by atoms with E-state index in [0.29, 0.717) is 0 Å². The average Bonchev–Trinajstić information content (AvgIpc) is 1.90. The summed E-state index contributed by atoms with van der Waals surface area (Å²) in [6.07, 6.45) is 1.11. The number of hydrogen-bond acceptors (Lipinski definition) is 0. The molecule has 47 valence electrons. The molecule has 0 heteroatoms. The second kappa shape index (κ2) is 2.67. The first-order valence-corrected chi connectivity index (χ1v) is 3.24. The van der Waals surface area contributed by atoms with E-state index in [1.807, 2.05) is 12.1 Å². The molecule has 0 unspecified atom stereocenters. The van der Waals surface area contributed by atoms with E-state index in [4.69, 9.17) is 0 Å². The van der Waals surface area contributed by atoms with Crippen molar-refractivity contribution in [2.24, 2.45) is 0 Å². The summed E-state index contributed by atoms with van der Waals surface area (Å²) in [5.74, 6) is 0. The smallest absolute Gasteiger partial charge is 0.0238 e. The Morgan fingerprint density at radius 2 is 1.78 bits per heavy atom. The zero-order valence-corrected chi connectivity index (χ0v) is 5.72. The standard InChI is InChI=1S/C9H11/c1-3-9-6-4-8(2)5-7-9/h4-7H,2-3H2,1H3. The lowest BCUT2D eigenvalue weighted by atomic mass is 10.1. The van der Waals surface area contributed by atoms with Crippen molar-refractivity contribution in [1.82, 2.24) is 0 Å². The molecule has 0 saturated heterocycles. The number of rotatable bonds is 1. The van der Waals surface area contributed by atoms with Gasteiger partial charge in [-0.2, -0.15) is 0 Å². The van der Waals surface area contributed by atoms with Crippen molar-refractivity contribution in [1.29, 1.82) is 0 Å². The summed E-state index contributed by atoms with van der Waals surface area (Å²) in [6.45, 7) is 5.95. The molecule has 0 aromatic heterocycles. The molecule has 0 N–H and O–H groups in total. The quantitative estimate of drug-likeness (QED) is 0.532. The summed E-state index contributed by atoms with van der Waals surface area (Å²) in [6, 6.07) is 8.31. The second-order valence-electron chi connectivity index (χ2n) is 2.17. The highest BCUT2D eigenvalue weighted by Gasteiger charge is 1.84. The number of benzene rings is 1. The van der Waals surface area contributed by atoms with Gasteiger partial charge in [-0.05, 0) is 24.5 Å². The molecule has 0 aliphatic heterocycles. The minimum Gasteiger partial charge on any atom is -0.0613 e. The van der Waals surface area contributed by atoms with Crippen LogP contribution in [0.1, 0.15) is 18.1 Å². The van der Waals surface area contributed by atoms with E-state index < -0.39 is 0 Å². The molecule has 9 heavy (non-hydrogen) atoms. The minimum atomic E-state index is 1.09. The molecule has 0 heterocycles. The Kier molecular flexibility index (Phi) is 1.88. The van der Waals surface area contributed by atoms with Crippen LogP contribution in [0.4, 0.5) is 0 Å². The summed E-state index contributed by atoms with van der Waals surface area (Å²) < 4.78 is 0. The van der Waals surface area contributed by atoms with Crippen molar-refractivity contribution in [3.05, 3.63) is 42.3 Å². The lowest BCUT2D eigenvalue weighted by Crippen LogP contribution is -1.77. The first-order chi connectivity index (χ1) is 4.33. The van der Waals surface area contributed by atoms with Gasteiger partial charge in [-0.25, -0.2) is 0 Å². The summed E-state index contributed by atoms with van der Waals surface area (Å²) in [7, 11) is 0. The van der Waals surface area contributed by atoms with Crippen LogP contribution in [-0.2, 0) is 6.42 Å². The van der Waals surface area contributed by atoms with Crippen molar-refractivity contribution in [2.45, 2.75) is 13.3 Å². The third-order valence-electron chi connectivity index (χ3n) is 1.43. The van der Waals surface area contributed by atoms with E-state index in [1.165, 1.54) is 5.56 Å². The van der Waals surface area contributed by atoms with Gasteiger partial charge in [0, 0.05) is 0 Å². The Balaban J connectivity index is 2.88. The minimum absolute atomic E-state index is 1.09. The molecule has 0 nitrogen and oxygen atoms in total. The SMILES string of the molecule is [CH2]c1ccc(CC)cc1. The number of aryl methyl sites for hydroxylation is 1. The molecule has 0 bridgehead atoms. The van der Waals surface area contributed by atoms with Gasteiger partial charge in [-0.1, -0.05) is 31.2 Å². The molecule has 0 atom stereocenters. The molecule has 0 fully saturated rings. The maximum atomic E-state index is 3.80. The van der Waals surface area contributed by atoms with Crippen LogP contribution in [0.3, 0.4) is 0 Å². The van der Waals surface area contributed by atoms with Gasteiger partial charge in [-0.3, -0.25) is 0 Å². The maximum Gasteiger partial charge on any atom is -0.0238 e. The van der Waals surface area contributed by atoms with Crippen LogP contribution in [0.5, 0.6) is 0 Å². The molecular weight excluding hydrogens is 108 g/mol. The van der Waals surface area contributed by atoms with Crippen molar-refractivity contribution in [3.8, 4) is 0 Å². The van der Waals surface area contributed by atoms with E-state index in [1.54, 1.807) is 0 Å². The van der Waals surface area contributed by atoms with E-state index in [2.05, 4.69) is 26.0 Å².